The summed E-state index contributed by atoms with van der Waals surface area (Å²) in [5.41, 5.74) is 4.48. The van der Waals surface area contributed by atoms with Crippen molar-refractivity contribution in [2.45, 2.75) is 18.4 Å². The summed E-state index contributed by atoms with van der Waals surface area (Å²) in [6.07, 6.45) is -1.11. The second-order valence-electron chi connectivity index (χ2n) is 7.69. The largest absolute Gasteiger partial charge is 0.488 e. The molecule has 1 aliphatic rings. The molecule has 0 aromatic heterocycles. The minimum Gasteiger partial charge on any atom is -0.480 e. The molecule has 176 valence electrons. The zero-order valence-electron chi connectivity index (χ0n) is 17.7. The fourth-order valence-electron chi connectivity index (χ4n) is 4.06. The first kappa shape index (κ1) is 23.2. The van der Waals surface area contributed by atoms with Gasteiger partial charge in [0.15, 0.2) is 0 Å². The van der Waals surface area contributed by atoms with Crippen LogP contribution in [0.3, 0.4) is 0 Å². The van der Waals surface area contributed by atoms with Gasteiger partial charge in [0.1, 0.15) is 18.4 Å². The third kappa shape index (κ3) is 5.34. The van der Waals surface area contributed by atoms with Crippen molar-refractivity contribution in [3.8, 4) is 16.9 Å². The molecule has 8 nitrogen and oxygen atoms in total. The van der Waals surface area contributed by atoms with E-state index in [-0.39, 0.29) is 24.7 Å². The van der Waals surface area contributed by atoms with Gasteiger partial charge < -0.3 is 19.3 Å². The first-order chi connectivity index (χ1) is 16.2. The lowest BCUT2D eigenvalue weighted by atomic mass is 9.98. The molecule has 10 heteroatoms. The number of alkyl carbamates (subject to hydrolysis) is 1. The molecular formula is C24H20FNO7S. The monoisotopic (exact) mass is 485 g/mol. The average Bonchev–Trinajstić information content (AvgIpc) is 3.10. The molecule has 2 N–H and O–H groups in total. The van der Waals surface area contributed by atoms with Crippen LogP contribution in [0.5, 0.6) is 5.75 Å². The minimum atomic E-state index is -5.22. The summed E-state index contributed by atoms with van der Waals surface area (Å²) < 4.78 is 43.6. The van der Waals surface area contributed by atoms with Crippen LogP contribution in [-0.2, 0) is 26.5 Å². The Labute approximate surface area is 195 Å². The molecule has 0 fully saturated rings. The summed E-state index contributed by atoms with van der Waals surface area (Å²) in [6.45, 7) is 0.0177. The SMILES string of the molecule is O=C(N[C@@H](Cc1cccc(OS(=O)(=O)F)c1)C(=O)O)OCC1c2ccccc2-c2ccccc21. The van der Waals surface area contributed by atoms with E-state index in [0.29, 0.717) is 5.56 Å². The number of fused-ring (bicyclic) bond motifs is 3. The lowest BCUT2D eigenvalue weighted by Gasteiger charge is -2.17. The van der Waals surface area contributed by atoms with Crippen molar-refractivity contribution in [3.05, 3.63) is 89.5 Å². The van der Waals surface area contributed by atoms with Crippen LogP contribution >= 0.6 is 0 Å². The third-order valence-electron chi connectivity index (χ3n) is 5.47. The van der Waals surface area contributed by atoms with Crippen LogP contribution in [0.15, 0.2) is 72.8 Å². The molecule has 3 aromatic rings. The number of ether oxygens (including phenoxy) is 1. The number of halogens is 1. The molecule has 0 heterocycles. The zero-order chi connectivity index (χ0) is 24.3. The Kier molecular flexibility index (Phi) is 6.51. The number of rotatable bonds is 8. The van der Waals surface area contributed by atoms with Crippen molar-refractivity contribution in [1.82, 2.24) is 5.32 Å². The van der Waals surface area contributed by atoms with Gasteiger partial charge in [0.25, 0.3) is 0 Å². The van der Waals surface area contributed by atoms with Crippen molar-refractivity contribution < 1.29 is 35.9 Å². The second-order valence-corrected chi connectivity index (χ2v) is 8.64. The third-order valence-corrected chi connectivity index (χ3v) is 5.86. The highest BCUT2D eigenvalue weighted by Crippen LogP contribution is 2.44. The molecule has 1 atom stereocenters. The van der Waals surface area contributed by atoms with Gasteiger partial charge in [-0.1, -0.05) is 64.5 Å². The molecule has 0 radical (unpaired) electrons. The Morgan fingerprint density at radius 2 is 1.59 bits per heavy atom. The van der Waals surface area contributed by atoms with Gasteiger partial charge in [0, 0.05) is 12.3 Å². The molecule has 34 heavy (non-hydrogen) atoms. The van der Waals surface area contributed by atoms with Crippen LogP contribution in [0, 0.1) is 0 Å². The number of hydrogen-bond acceptors (Lipinski definition) is 6. The van der Waals surface area contributed by atoms with E-state index in [1.807, 2.05) is 48.5 Å². The molecule has 0 spiro atoms. The Hall–Kier alpha value is -3.92. The van der Waals surface area contributed by atoms with E-state index in [1.54, 1.807) is 0 Å². The quantitative estimate of drug-likeness (QED) is 0.466. The number of carboxylic acids is 1. The maximum absolute atomic E-state index is 12.7. The van der Waals surface area contributed by atoms with E-state index in [2.05, 4.69) is 9.50 Å². The van der Waals surface area contributed by atoms with Gasteiger partial charge in [-0.2, -0.15) is 8.42 Å². The maximum atomic E-state index is 12.7. The molecule has 1 aliphatic carbocycles. The van der Waals surface area contributed by atoms with Crippen molar-refractivity contribution in [3.63, 3.8) is 0 Å². The number of carbonyl (C=O) groups excluding carboxylic acids is 1. The standard InChI is InChI=1S/C24H20FNO7S/c25-34(30,31)33-16-7-5-6-15(12-16)13-22(23(27)28)26-24(29)32-14-21-19-10-3-1-8-17(19)18-9-2-4-11-20(18)21/h1-12,21-22H,13-14H2,(H,26,29)(H,27,28)/t22-/m0/s1. The summed E-state index contributed by atoms with van der Waals surface area (Å²) in [6, 6.07) is 19.5. The molecule has 4 rings (SSSR count). The van der Waals surface area contributed by atoms with E-state index in [4.69, 9.17) is 4.74 Å². The van der Waals surface area contributed by atoms with Gasteiger partial charge in [0.2, 0.25) is 0 Å². The van der Waals surface area contributed by atoms with Crippen molar-refractivity contribution in [2.24, 2.45) is 0 Å². The highest BCUT2D eigenvalue weighted by molar-refractivity contribution is 7.81. The van der Waals surface area contributed by atoms with Gasteiger partial charge in [-0.25, -0.2) is 9.59 Å². The van der Waals surface area contributed by atoms with Gasteiger partial charge in [-0.15, -0.1) is 0 Å². The maximum Gasteiger partial charge on any atom is 0.488 e. The topological polar surface area (TPSA) is 119 Å². The first-order valence-corrected chi connectivity index (χ1v) is 11.6. The van der Waals surface area contributed by atoms with E-state index in [1.165, 1.54) is 24.3 Å². The van der Waals surface area contributed by atoms with Crippen molar-refractivity contribution in [1.29, 1.82) is 0 Å². The summed E-state index contributed by atoms with van der Waals surface area (Å²) in [5, 5.41) is 11.8. The highest BCUT2D eigenvalue weighted by Gasteiger charge is 2.29. The number of carbonyl (C=O) groups is 2. The highest BCUT2D eigenvalue weighted by atomic mass is 32.3. The molecule has 0 unspecified atom stereocenters. The second kappa shape index (κ2) is 9.52. The number of aliphatic carboxylic acids is 1. The summed E-state index contributed by atoms with van der Waals surface area (Å²) in [7, 11) is -5.22. The lowest BCUT2D eigenvalue weighted by Crippen LogP contribution is -2.42. The molecule has 0 saturated carbocycles. The Bertz CT molecular complexity index is 1300. The fourth-order valence-corrected chi connectivity index (χ4v) is 4.39. The van der Waals surface area contributed by atoms with E-state index >= 15 is 0 Å². The summed E-state index contributed by atoms with van der Waals surface area (Å²) in [4.78, 5) is 24.1. The zero-order valence-corrected chi connectivity index (χ0v) is 18.5. The van der Waals surface area contributed by atoms with E-state index in [0.717, 1.165) is 22.3 Å². The summed E-state index contributed by atoms with van der Waals surface area (Å²) >= 11 is 0. The van der Waals surface area contributed by atoms with Crippen LogP contribution < -0.4 is 9.50 Å². The summed E-state index contributed by atoms with van der Waals surface area (Å²) in [5.74, 6) is -1.82. The average molecular weight is 485 g/mol. The Balaban J connectivity index is 1.42. The van der Waals surface area contributed by atoms with Crippen molar-refractivity contribution >= 4 is 22.6 Å². The molecular weight excluding hydrogens is 465 g/mol. The Morgan fingerprint density at radius 3 is 2.18 bits per heavy atom. The predicted molar refractivity (Wildman–Crippen MR) is 120 cm³/mol. The normalized spacial score (nSPS) is 13.4. The van der Waals surface area contributed by atoms with Gasteiger partial charge in [-0.05, 0) is 39.9 Å². The number of benzene rings is 3. The smallest absolute Gasteiger partial charge is 0.480 e. The number of hydrogen-bond donors (Lipinski definition) is 2. The van der Waals surface area contributed by atoms with Crippen LogP contribution in [0.4, 0.5) is 8.68 Å². The molecule has 0 aliphatic heterocycles. The first-order valence-electron chi connectivity index (χ1n) is 10.3. The van der Waals surface area contributed by atoms with Gasteiger partial charge >= 0.3 is 22.6 Å². The van der Waals surface area contributed by atoms with E-state index < -0.39 is 28.6 Å². The van der Waals surface area contributed by atoms with Crippen LogP contribution in [0.1, 0.15) is 22.6 Å². The minimum absolute atomic E-state index is 0.0177. The van der Waals surface area contributed by atoms with Crippen LogP contribution in [-0.4, -0.2) is 38.2 Å². The molecule has 0 saturated heterocycles. The van der Waals surface area contributed by atoms with Crippen molar-refractivity contribution in [2.75, 3.05) is 6.61 Å². The molecule has 1 amide bonds. The lowest BCUT2D eigenvalue weighted by molar-refractivity contribution is -0.139. The molecule has 3 aromatic carbocycles. The van der Waals surface area contributed by atoms with Gasteiger partial charge in [0.05, 0.1) is 0 Å². The van der Waals surface area contributed by atoms with Crippen LogP contribution in [0.2, 0.25) is 0 Å². The number of amides is 1. The number of carboxylic acid groups (broad SMARTS) is 1. The molecule has 0 bridgehead atoms. The van der Waals surface area contributed by atoms with E-state index in [9.17, 15) is 27.0 Å². The van der Waals surface area contributed by atoms with Gasteiger partial charge in [-0.3, -0.25) is 0 Å². The Morgan fingerprint density at radius 1 is 0.971 bits per heavy atom. The van der Waals surface area contributed by atoms with Crippen LogP contribution in [0.25, 0.3) is 11.1 Å². The fraction of sp³-hybridized carbons (Fsp3) is 0.167. The number of nitrogens with one attached hydrogen (secondary N) is 1. The predicted octanol–water partition coefficient (Wildman–Crippen LogP) is 3.81.